The average molecular weight is 338 g/mol. The predicted molar refractivity (Wildman–Crippen MR) is 84.2 cm³/mol. The molecule has 0 bridgehead atoms. The Bertz CT molecular complexity index is 414. The summed E-state index contributed by atoms with van der Waals surface area (Å²) in [6.07, 6.45) is -0.465. The Morgan fingerprint density at radius 3 is 2.14 bits per heavy atom. The van der Waals surface area contributed by atoms with E-state index >= 15 is 0 Å². The first kappa shape index (κ1) is 21.3. The number of hydrogen-bond donors (Lipinski definition) is 0. The van der Waals surface area contributed by atoms with Gasteiger partial charge in [0.1, 0.15) is 13.2 Å². The molecule has 0 N–H and O–H groups in total. The van der Waals surface area contributed by atoms with E-state index in [1.54, 1.807) is 27.7 Å². The summed E-state index contributed by atoms with van der Waals surface area (Å²) in [6, 6.07) is 0. The van der Waals surface area contributed by atoms with Gasteiger partial charge in [0, 0.05) is 12.5 Å². The van der Waals surface area contributed by atoms with Crippen LogP contribution in [0.5, 0.6) is 0 Å². The zero-order valence-corrected chi connectivity index (χ0v) is 15.4. The smallest absolute Gasteiger partial charge is 0.456 e. The summed E-state index contributed by atoms with van der Waals surface area (Å²) in [5.41, 5.74) is 0.354. The van der Waals surface area contributed by atoms with Crippen LogP contribution in [0.2, 0.25) is 0 Å². The molecule has 0 heterocycles. The number of phosphoric ester groups is 1. The van der Waals surface area contributed by atoms with Crippen molar-refractivity contribution in [1.82, 2.24) is 0 Å². The zero-order chi connectivity index (χ0) is 17.4. The summed E-state index contributed by atoms with van der Waals surface area (Å²) < 4.78 is 33.5. The minimum Gasteiger partial charge on any atom is -0.456 e. The van der Waals surface area contributed by atoms with Gasteiger partial charge in [-0.3, -0.25) is 9.05 Å². The van der Waals surface area contributed by atoms with E-state index in [0.29, 0.717) is 16.6 Å². The molecule has 0 aliphatic heterocycles. The van der Waals surface area contributed by atoms with Crippen LogP contribution in [0.15, 0.2) is 12.2 Å². The van der Waals surface area contributed by atoms with E-state index in [1.165, 1.54) is 0 Å². The van der Waals surface area contributed by atoms with E-state index in [2.05, 4.69) is 6.58 Å². The first-order chi connectivity index (χ1) is 10.1. The highest BCUT2D eigenvalue weighted by Crippen LogP contribution is 2.50. The SMILES string of the molecule is C=C(C)C(=O)OCC[N+](C)(C)C(C)OP(=O)(OCC)OCC. The fourth-order valence-corrected chi connectivity index (χ4v) is 2.87. The van der Waals surface area contributed by atoms with E-state index in [0.717, 1.165) is 0 Å². The van der Waals surface area contributed by atoms with E-state index < -0.39 is 20.0 Å². The zero-order valence-electron chi connectivity index (χ0n) is 14.5. The Balaban J connectivity index is 4.59. The molecule has 0 rings (SSSR count). The van der Waals surface area contributed by atoms with Gasteiger partial charge < -0.3 is 9.22 Å². The minimum atomic E-state index is -3.58. The molecule has 0 aliphatic rings. The number of carbonyl (C=O) groups excluding carboxylic acids is 1. The van der Waals surface area contributed by atoms with Crippen LogP contribution in [0.25, 0.3) is 0 Å². The highest BCUT2D eigenvalue weighted by atomic mass is 31.2. The maximum atomic E-state index is 12.4. The summed E-state index contributed by atoms with van der Waals surface area (Å²) in [7, 11) is 0.177. The Morgan fingerprint density at radius 2 is 1.73 bits per heavy atom. The van der Waals surface area contributed by atoms with Crippen LogP contribution in [-0.2, 0) is 27.7 Å². The summed E-state index contributed by atoms with van der Waals surface area (Å²) in [5.74, 6) is -0.428. The van der Waals surface area contributed by atoms with Gasteiger partial charge in [0.25, 0.3) is 0 Å². The van der Waals surface area contributed by atoms with Gasteiger partial charge in [-0.2, -0.15) is 0 Å². The Kier molecular flexibility index (Phi) is 9.12. The van der Waals surface area contributed by atoms with Crippen molar-refractivity contribution in [2.24, 2.45) is 0 Å². The van der Waals surface area contributed by atoms with Gasteiger partial charge in [0.2, 0.25) is 6.23 Å². The molecule has 1 unspecified atom stereocenters. The maximum absolute atomic E-state index is 12.4. The van der Waals surface area contributed by atoms with Gasteiger partial charge in [-0.15, -0.1) is 0 Å². The Hall–Kier alpha value is -0.720. The maximum Gasteiger partial charge on any atom is 0.479 e. The Labute approximate surface area is 133 Å². The highest BCUT2D eigenvalue weighted by molar-refractivity contribution is 7.48. The fraction of sp³-hybridized carbons (Fsp3) is 0.786. The minimum absolute atomic E-state index is 0.208. The van der Waals surface area contributed by atoms with Crippen molar-refractivity contribution in [3.8, 4) is 0 Å². The van der Waals surface area contributed by atoms with Crippen LogP contribution in [-0.4, -0.2) is 57.1 Å². The second kappa shape index (κ2) is 9.43. The number of likely N-dealkylation sites (N-methyl/N-ethyl adjacent to an activating group) is 1. The van der Waals surface area contributed by atoms with Crippen LogP contribution in [0.3, 0.4) is 0 Å². The number of quaternary nitrogens is 1. The Morgan fingerprint density at radius 1 is 1.23 bits per heavy atom. The van der Waals surface area contributed by atoms with E-state index in [9.17, 15) is 9.36 Å². The van der Waals surface area contributed by atoms with Crippen LogP contribution in [0.1, 0.15) is 27.7 Å². The quantitative estimate of drug-likeness (QED) is 0.190. The lowest BCUT2D eigenvalue weighted by Crippen LogP contribution is -2.50. The molecule has 0 saturated carbocycles. The summed E-state index contributed by atoms with van der Waals surface area (Å²) in [6.45, 7) is 11.5. The summed E-state index contributed by atoms with van der Waals surface area (Å²) >= 11 is 0. The molecule has 0 fully saturated rings. The van der Waals surface area contributed by atoms with Crippen molar-refractivity contribution in [3.63, 3.8) is 0 Å². The van der Waals surface area contributed by atoms with Gasteiger partial charge >= 0.3 is 13.8 Å². The molecule has 130 valence electrons. The molecule has 8 heteroatoms. The lowest BCUT2D eigenvalue weighted by molar-refractivity contribution is -0.931. The van der Waals surface area contributed by atoms with Crippen LogP contribution in [0.4, 0.5) is 0 Å². The molecule has 0 aromatic heterocycles. The first-order valence-electron chi connectivity index (χ1n) is 7.30. The number of phosphoric acid groups is 1. The van der Waals surface area contributed by atoms with Crippen molar-refractivity contribution in [1.29, 1.82) is 0 Å². The summed E-state index contributed by atoms with van der Waals surface area (Å²) in [5, 5.41) is 0. The third-order valence-corrected chi connectivity index (χ3v) is 4.80. The predicted octanol–water partition coefficient (Wildman–Crippen LogP) is 2.73. The topological polar surface area (TPSA) is 71.1 Å². The van der Waals surface area contributed by atoms with Crippen LogP contribution in [0, 0.1) is 0 Å². The summed E-state index contributed by atoms with van der Waals surface area (Å²) in [4.78, 5) is 11.4. The van der Waals surface area contributed by atoms with Gasteiger partial charge in [-0.05, 0) is 20.8 Å². The number of ether oxygens (including phenoxy) is 1. The lowest BCUT2D eigenvalue weighted by Gasteiger charge is -2.36. The van der Waals surface area contributed by atoms with Gasteiger partial charge in [-0.25, -0.2) is 13.9 Å². The third kappa shape index (κ3) is 7.51. The van der Waals surface area contributed by atoms with Crippen LogP contribution >= 0.6 is 7.82 Å². The highest BCUT2D eigenvalue weighted by Gasteiger charge is 2.35. The molecule has 0 amide bonds. The average Bonchev–Trinajstić information content (AvgIpc) is 2.38. The molecule has 0 radical (unpaired) electrons. The largest absolute Gasteiger partial charge is 0.479 e. The van der Waals surface area contributed by atoms with Gasteiger partial charge in [0.15, 0.2) is 0 Å². The van der Waals surface area contributed by atoms with E-state index in [4.69, 9.17) is 18.3 Å². The third-order valence-electron chi connectivity index (χ3n) is 3.09. The van der Waals surface area contributed by atoms with Crippen molar-refractivity contribution >= 4 is 13.8 Å². The molecule has 0 aromatic carbocycles. The molecule has 1 atom stereocenters. The van der Waals surface area contributed by atoms with Crippen molar-refractivity contribution in [2.45, 2.75) is 33.9 Å². The normalized spacial score (nSPS) is 13.7. The van der Waals surface area contributed by atoms with Gasteiger partial charge in [-0.1, -0.05) is 6.58 Å². The fourth-order valence-electron chi connectivity index (χ4n) is 1.41. The molecule has 0 spiro atoms. The van der Waals surface area contributed by atoms with Crippen molar-refractivity contribution in [3.05, 3.63) is 12.2 Å². The van der Waals surface area contributed by atoms with E-state index in [1.807, 2.05) is 14.1 Å². The number of nitrogens with zero attached hydrogens (tertiary/aromatic N) is 1. The van der Waals surface area contributed by atoms with Gasteiger partial charge in [0.05, 0.1) is 27.3 Å². The molecule has 0 aliphatic carbocycles. The number of esters is 1. The molecular formula is C14H29NO6P+. The van der Waals surface area contributed by atoms with Crippen molar-refractivity contribution < 1.29 is 32.2 Å². The second-order valence-corrected chi connectivity index (χ2v) is 7.03. The molecule has 0 aromatic rings. The number of carbonyl (C=O) groups is 1. The molecule has 0 saturated heterocycles. The monoisotopic (exact) mass is 338 g/mol. The number of rotatable bonds is 11. The lowest BCUT2D eigenvalue weighted by atomic mass is 10.3. The van der Waals surface area contributed by atoms with E-state index in [-0.39, 0.29) is 19.8 Å². The standard InChI is InChI=1S/C14H29NO6P/c1-8-19-22(17,20-9-2)21-13(5)15(6,7)10-11-18-14(16)12(3)4/h13H,3,8-11H2,1-2,4-7H3/q+1. The van der Waals surface area contributed by atoms with Crippen molar-refractivity contribution in [2.75, 3.05) is 40.5 Å². The first-order valence-corrected chi connectivity index (χ1v) is 8.76. The second-order valence-electron chi connectivity index (χ2n) is 5.41. The molecular weight excluding hydrogens is 309 g/mol. The molecule has 7 nitrogen and oxygen atoms in total. The molecule has 22 heavy (non-hydrogen) atoms. The van der Waals surface area contributed by atoms with Crippen LogP contribution < -0.4 is 0 Å². The number of hydrogen-bond acceptors (Lipinski definition) is 6.